The summed E-state index contributed by atoms with van der Waals surface area (Å²) in [7, 11) is 0. The van der Waals surface area contributed by atoms with E-state index in [-0.39, 0.29) is 30.8 Å². The van der Waals surface area contributed by atoms with Gasteiger partial charge in [-0.25, -0.2) is 0 Å². The van der Waals surface area contributed by atoms with Crippen molar-refractivity contribution in [2.75, 3.05) is 6.61 Å². The second-order valence-electron chi connectivity index (χ2n) is 2.26. The van der Waals surface area contributed by atoms with Crippen LogP contribution >= 0.6 is 24.8 Å². The normalized spacial score (nSPS) is 7.83. The predicted octanol–water partition coefficient (Wildman–Crippen LogP) is 2.97. The van der Waals surface area contributed by atoms with Gasteiger partial charge in [0.05, 0.1) is 6.61 Å². The van der Waals surface area contributed by atoms with Crippen LogP contribution in [0.1, 0.15) is 39.5 Å². The molecule has 0 amide bonds. The minimum atomic E-state index is -0.0593. The largest absolute Gasteiger partial charge is 0.466 e. The molecular weight excluding hydrogens is 199 g/mol. The van der Waals surface area contributed by atoms with E-state index in [2.05, 4.69) is 6.92 Å². The fourth-order valence-corrected chi connectivity index (χ4v) is 0.752. The SMILES string of the molecule is CCCCCC(=O)OCC.Cl.Cl. The lowest BCUT2D eigenvalue weighted by Crippen LogP contribution is -2.02. The smallest absolute Gasteiger partial charge is 0.305 e. The van der Waals surface area contributed by atoms with Crippen molar-refractivity contribution >= 4 is 30.8 Å². The molecule has 0 bridgehead atoms. The Labute approximate surface area is 86.9 Å². The van der Waals surface area contributed by atoms with E-state index in [9.17, 15) is 4.79 Å². The lowest BCUT2D eigenvalue weighted by molar-refractivity contribution is -0.143. The summed E-state index contributed by atoms with van der Waals surface area (Å²) in [5.41, 5.74) is 0. The molecule has 12 heavy (non-hydrogen) atoms. The van der Waals surface area contributed by atoms with Crippen LogP contribution in [0.15, 0.2) is 0 Å². The number of hydrogen-bond acceptors (Lipinski definition) is 2. The van der Waals surface area contributed by atoms with Gasteiger partial charge in [0, 0.05) is 6.42 Å². The van der Waals surface area contributed by atoms with Gasteiger partial charge in [-0.1, -0.05) is 19.8 Å². The molecule has 4 heteroatoms. The lowest BCUT2D eigenvalue weighted by atomic mass is 10.2. The summed E-state index contributed by atoms with van der Waals surface area (Å²) in [5, 5.41) is 0. The van der Waals surface area contributed by atoms with Crippen LogP contribution in [0.2, 0.25) is 0 Å². The maximum Gasteiger partial charge on any atom is 0.305 e. The van der Waals surface area contributed by atoms with Gasteiger partial charge in [0.15, 0.2) is 0 Å². The van der Waals surface area contributed by atoms with Gasteiger partial charge >= 0.3 is 5.97 Å². The molecule has 2 nitrogen and oxygen atoms in total. The van der Waals surface area contributed by atoms with Crippen LogP contribution in [0.5, 0.6) is 0 Å². The molecule has 0 saturated carbocycles. The van der Waals surface area contributed by atoms with Crippen molar-refractivity contribution in [2.45, 2.75) is 39.5 Å². The van der Waals surface area contributed by atoms with Crippen LogP contribution in [0, 0.1) is 0 Å². The maximum absolute atomic E-state index is 10.7. The van der Waals surface area contributed by atoms with Crippen molar-refractivity contribution in [1.82, 2.24) is 0 Å². The fourth-order valence-electron chi connectivity index (χ4n) is 0.752. The van der Waals surface area contributed by atoms with E-state index in [1.165, 1.54) is 0 Å². The molecule has 0 aliphatic rings. The first kappa shape index (κ1) is 18.0. The highest BCUT2D eigenvalue weighted by Crippen LogP contribution is 1.99. The van der Waals surface area contributed by atoms with Crippen LogP contribution in [0.3, 0.4) is 0 Å². The molecule has 0 aromatic carbocycles. The number of unbranched alkanes of at least 4 members (excludes halogenated alkanes) is 2. The van der Waals surface area contributed by atoms with Crippen molar-refractivity contribution < 1.29 is 9.53 Å². The third-order valence-corrected chi connectivity index (χ3v) is 1.29. The highest BCUT2D eigenvalue weighted by molar-refractivity contribution is 5.85. The van der Waals surface area contributed by atoms with E-state index in [1.54, 1.807) is 0 Å². The maximum atomic E-state index is 10.7. The molecule has 0 atom stereocenters. The van der Waals surface area contributed by atoms with Crippen molar-refractivity contribution in [3.05, 3.63) is 0 Å². The van der Waals surface area contributed by atoms with Crippen molar-refractivity contribution in [1.29, 1.82) is 0 Å². The Kier molecular flexibility index (Phi) is 20.4. The lowest BCUT2D eigenvalue weighted by Gasteiger charge is -1.99. The van der Waals surface area contributed by atoms with Crippen LogP contribution in [-0.4, -0.2) is 12.6 Å². The van der Waals surface area contributed by atoms with E-state index in [0.717, 1.165) is 19.3 Å². The molecule has 0 radical (unpaired) electrons. The number of rotatable bonds is 5. The molecule has 0 saturated heterocycles. The van der Waals surface area contributed by atoms with Crippen molar-refractivity contribution in [3.8, 4) is 0 Å². The second kappa shape index (κ2) is 13.6. The number of halogens is 2. The minimum absolute atomic E-state index is 0. The zero-order valence-electron chi connectivity index (χ0n) is 7.67. The molecule has 0 aliphatic heterocycles. The summed E-state index contributed by atoms with van der Waals surface area (Å²) in [5.74, 6) is -0.0593. The summed E-state index contributed by atoms with van der Waals surface area (Å²) < 4.78 is 4.75. The predicted molar refractivity (Wildman–Crippen MR) is 55.3 cm³/mol. The summed E-state index contributed by atoms with van der Waals surface area (Å²) in [6, 6.07) is 0. The molecule has 0 aliphatic carbocycles. The Hall–Kier alpha value is 0.0500. The highest BCUT2D eigenvalue weighted by atomic mass is 35.5. The summed E-state index contributed by atoms with van der Waals surface area (Å²) in [4.78, 5) is 10.7. The standard InChI is InChI=1S/C8H16O2.2ClH/c1-3-5-6-7-8(9)10-4-2;;/h3-7H2,1-2H3;2*1H. The molecule has 0 N–H and O–H groups in total. The Bertz CT molecular complexity index is 97.1. The Balaban J connectivity index is -0.000000405. The van der Waals surface area contributed by atoms with Crippen LogP contribution in [-0.2, 0) is 9.53 Å². The average Bonchev–Trinajstić information content (AvgIpc) is 1.89. The van der Waals surface area contributed by atoms with Gasteiger partial charge in [0.25, 0.3) is 0 Å². The highest BCUT2D eigenvalue weighted by Gasteiger charge is 1.98. The van der Waals surface area contributed by atoms with Gasteiger partial charge in [0.2, 0.25) is 0 Å². The third-order valence-electron chi connectivity index (χ3n) is 1.29. The Morgan fingerprint density at radius 1 is 1.17 bits per heavy atom. The fraction of sp³-hybridized carbons (Fsp3) is 0.875. The topological polar surface area (TPSA) is 26.3 Å². The molecule has 0 rings (SSSR count). The zero-order valence-corrected chi connectivity index (χ0v) is 9.30. The van der Waals surface area contributed by atoms with Crippen molar-refractivity contribution in [2.24, 2.45) is 0 Å². The average molecular weight is 217 g/mol. The number of carbonyl (C=O) groups is 1. The first-order valence-electron chi connectivity index (χ1n) is 3.96. The van der Waals surface area contributed by atoms with Gasteiger partial charge in [-0.05, 0) is 13.3 Å². The molecule has 0 spiro atoms. The molecule has 0 unspecified atom stereocenters. The zero-order chi connectivity index (χ0) is 7.82. The van der Waals surface area contributed by atoms with Gasteiger partial charge in [-0.15, -0.1) is 24.8 Å². The molecule has 76 valence electrons. The minimum Gasteiger partial charge on any atom is -0.466 e. The van der Waals surface area contributed by atoms with Gasteiger partial charge < -0.3 is 4.74 Å². The van der Waals surface area contributed by atoms with Crippen LogP contribution in [0.25, 0.3) is 0 Å². The number of ether oxygens (including phenoxy) is 1. The van der Waals surface area contributed by atoms with E-state index >= 15 is 0 Å². The van der Waals surface area contributed by atoms with E-state index in [1.807, 2.05) is 6.92 Å². The van der Waals surface area contributed by atoms with E-state index < -0.39 is 0 Å². The number of carbonyl (C=O) groups excluding carboxylic acids is 1. The van der Waals surface area contributed by atoms with Gasteiger partial charge in [-0.3, -0.25) is 4.79 Å². The molecule has 0 fully saturated rings. The Morgan fingerprint density at radius 3 is 2.17 bits per heavy atom. The first-order valence-corrected chi connectivity index (χ1v) is 3.96. The molecule has 0 heterocycles. The van der Waals surface area contributed by atoms with Gasteiger partial charge in [-0.2, -0.15) is 0 Å². The molecule has 0 aromatic rings. The third kappa shape index (κ3) is 12.7. The van der Waals surface area contributed by atoms with Crippen molar-refractivity contribution in [3.63, 3.8) is 0 Å². The summed E-state index contributed by atoms with van der Waals surface area (Å²) in [6.07, 6.45) is 3.83. The first-order chi connectivity index (χ1) is 4.81. The van der Waals surface area contributed by atoms with Gasteiger partial charge in [0.1, 0.15) is 0 Å². The molecular formula is C8H18Cl2O2. The summed E-state index contributed by atoms with van der Waals surface area (Å²) in [6.45, 7) is 4.45. The second-order valence-corrected chi connectivity index (χ2v) is 2.26. The molecule has 0 aromatic heterocycles. The van der Waals surface area contributed by atoms with E-state index in [4.69, 9.17) is 4.74 Å². The van der Waals surface area contributed by atoms with Crippen LogP contribution in [0.4, 0.5) is 0 Å². The quantitative estimate of drug-likeness (QED) is 0.522. The van der Waals surface area contributed by atoms with E-state index in [0.29, 0.717) is 13.0 Å². The number of hydrogen-bond donors (Lipinski definition) is 0. The van der Waals surface area contributed by atoms with Crippen LogP contribution < -0.4 is 0 Å². The number of esters is 1. The monoisotopic (exact) mass is 216 g/mol. The Morgan fingerprint density at radius 2 is 1.75 bits per heavy atom. The summed E-state index contributed by atoms with van der Waals surface area (Å²) >= 11 is 0.